The van der Waals surface area contributed by atoms with Gasteiger partial charge in [-0.05, 0) is 51.0 Å². The summed E-state index contributed by atoms with van der Waals surface area (Å²) in [6.07, 6.45) is 2.15. The molecule has 0 spiro atoms. The van der Waals surface area contributed by atoms with Gasteiger partial charge in [0.15, 0.2) is 0 Å². The lowest BCUT2D eigenvalue weighted by Crippen LogP contribution is -2.34. The quantitative estimate of drug-likeness (QED) is 0.742. The van der Waals surface area contributed by atoms with E-state index >= 15 is 0 Å². The van der Waals surface area contributed by atoms with Gasteiger partial charge in [0, 0.05) is 23.4 Å². The average Bonchev–Trinajstić information content (AvgIpc) is 2.67. The fourth-order valence-corrected chi connectivity index (χ4v) is 3.91. The third-order valence-electron chi connectivity index (χ3n) is 4.98. The fraction of sp³-hybridized carbons (Fsp3) is 0.348. The Morgan fingerprint density at radius 1 is 1.11 bits per heavy atom. The summed E-state index contributed by atoms with van der Waals surface area (Å²) in [6, 6.07) is 11.8. The SMILES string of the molecule is CCN(OC)C(=O)c1c(-c2ccccc2OC)ccc2c1C(C)=CC(C)(C)N2. The Bertz CT molecular complexity index is 927. The van der Waals surface area contributed by atoms with Crippen molar-refractivity contribution in [1.82, 2.24) is 5.06 Å². The van der Waals surface area contributed by atoms with Crippen molar-refractivity contribution in [3.8, 4) is 16.9 Å². The average molecular weight is 380 g/mol. The highest BCUT2D eigenvalue weighted by molar-refractivity contribution is 6.08. The van der Waals surface area contributed by atoms with Gasteiger partial charge in [0.2, 0.25) is 0 Å². The van der Waals surface area contributed by atoms with E-state index in [0.717, 1.165) is 33.7 Å². The van der Waals surface area contributed by atoms with Gasteiger partial charge in [-0.2, -0.15) is 0 Å². The maximum absolute atomic E-state index is 13.5. The summed E-state index contributed by atoms with van der Waals surface area (Å²) in [5.41, 5.74) is 5.04. The van der Waals surface area contributed by atoms with Crippen LogP contribution in [0.4, 0.5) is 5.69 Å². The maximum atomic E-state index is 13.5. The first-order valence-corrected chi connectivity index (χ1v) is 9.47. The Morgan fingerprint density at radius 2 is 1.82 bits per heavy atom. The normalized spacial score (nSPS) is 14.6. The topological polar surface area (TPSA) is 50.8 Å². The standard InChI is InChI=1S/C23H28N2O3/c1-7-25(28-6)22(26)21-17(16-10-8-9-11-19(16)27-5)12-13-18-20(21)15(2)14-23(3,4)24-18/h8-14,24H,7H2,1-6H3. The van der Waals surface area contributed by atoms with E-state index in [-0.39, 0.29) is 11.4 Å². The number of nitrogens with one attached hydrogen (secondary N) is 1. The number of rotatable bonds is 5. The number of carbonyl (C=O) groups is 1. The van der Waals surface area contributed by atoms with Crippen LogP contribution in [0.5, 0.6) is 5.75 Å². The molecule has 1 aliphatic heterocycles. The molecule has 28 heavy (non-hydrogen) atoms. The Balaban J connectivity index is 2.33. The molecular weight excluding hydrogens is 352 g/mol. The minimum Gasteiger partial charge on any atom is -0.496 e. The molecular formula is C23H28N2O3. The van der Waals surface area contributed by atoms with Crippen molar-refractivity contribution in [2.24, 2.45) is 0 Å². The first-order chi connectivity index (χ1) is 13.3. The lowest BCUT2D eigenvalue weighted by atomic mass is 9.84. The number of hydroxylamine groups is 2. The van der Waals surface area contributed by atoms with Gasteiger partial charge in [-0.1, -0.05) is 30.3 Å². The number of hydrogen-bond acceptors (Lipinski definition) is 4. The number of para-hydroxylation sites is 1. The highest BCUT2D eigenvalue weighted by Crippen LogP contribution is 2.42. The van der Waals surface area contributed by atoms with Gasteiger partial charge in [-0.25, -0.2) is 5.06 Å². The summed E-state index contributed by atoms with van der Waals surface area (Å²) in [5.74, 6) is 0.555. The van der Waals surface area contributed by atoms with Crippen molar-refractivity contribution >= 4 is 17.2 Å². The second-order valence-corrected chi connectivity index (χ2v) is 7.47. The molecule has 0 radical (unpaired) electrons. The van der Waals surface area contributed by atoms with Crippen LogP contribution < -0.4 is 10.1 Å². The van der Waals surface area contributed by atoms with Crippen LogP contribution in [0.2, 0.25) is 0 Å². The van der Waals surface area contributed by atoms with E-state index in [1.165, 1.54) is 12.2 Å². The van der Waals surface area contributed by atoms with Crippen LogP contribution in [-0.4, -0.2) is 37.3 Å². The van der Waals surface area contributed by atoms with Crippen LogP contribution >= 0.6 is 0 Å². The molecule has 1 heterocycles. The Labute approximate surface area is 166 Å². The number of ether oxygens (including phenoxy) is 1. The van der Waals surface area contributed by atoms with Gasteiger partial charge in [0.25, 0.3) is 5.91 Å². The molecule has 5 nitrogen and oxygen atoms in total. The van der Waals surface area contributed by atoms with Gasteiger partial charge in [0.1, 0.15) is 5.75 Å². The summed E-state index contributed by atoms with van der Waals surface area (Å²) in [7, 11) is 3.16. The van der Waals surface area contributed by atoms with Crippen LogP contribution in [0.1, 0.15) is 43.6 Å². The number of anilines is 1. The van der Waals surface area contributed by atoms with E-state index in [0.29, 0.717) is 12.1 Å². The molecule has 3 rings (SSSR count). The molecule has 1 amide bonds. The van der Waals surface area contributed by atoms with Crippen LogP contribution in [0.3, 0.4) is 0 Å². The molecule has 2 aromatic carbocycles. The first kappa shape index (κ1) is 20.0. The van der Waals surface area contributed by atoms with E-state index in [1.54, 1.807) is 7.11 Å². The monoisotopic (exact) mass is 380 g/mol. The highest BCUT2D eigenvalue weighted by Gasteiger charge is 2.31. The van der Waals surface area contributed by atoms with E-state index in [2.05, 4.69) is 25.2 Å². The van der Waals surface area contributed by atoms with Gasteiger partial charge in [-0.15, -0.1) is 0 Å². The van der Waals surface area contributed by atoms with Crippen LogP contribution in [-0.2, 0) is 4.84 Å². The van der Waals surface area contributed by atoms with Crippen LogP contribution in [0.15, 0.2) is 42.5 Å². The molecule has 5 heteroatoms. The minimum atomic E-state index is -0.185. The minimum absolute atomic E-state index is 0.169. The number of allylic oxidation sites excluding steroid dienone is 1. The van der Waals surface area contributed by atoms with Crippen molar-refractivity contribution in [2.45, 2.75) is 33.2 Å². The molecule has 0 saturated carbocycles. The molecule has 2 aromatic rings. The summed E-state index contributed by atoms with van der Waals surface area (Å²) in [5, 5.41) is 4.90. The maximum Gasteiger partial charge on any atom is 0.278 e. The molecule has 0 saturated heterocycles. The number of amides is 1. The number of carbonyl (C=O) groups excluding carboxylic acids is 1. The first-order valence-electron chi connectivity index (χ1n) is 9.47. The molecule has 1 aliphatic rings. The van der Waals surface area contributed by atoms with Gasteiger partial charge >= 0.3 is 0 Å². The number of fused-ring (bicyclic) bond motifs is 1. The van der Waals surface area contributed by atoms with E-state index < -0.39 is 0 Å². The zero-order valence-electron chi connectivity index (χ0n) is 17.4. The lowest BCUT2D eigenvalue weighted by Gasteiger charge is -2.34. The lowest BCUT2D eigenvalue weighted by molar-refractivity contribution is -0.0914. The number of methoxy groups -OCH3 is 1. The molecule has 0 atom stereocenters. The predicted octanol–water partition coefficient (Wildman–Crippen LogP) is 4.99. The molecule has 0 unspecified atom stereocenters. The van der Waals surface area contributed by atoms with Crippen LogP contribution in [0, 0.1) is 0 Å². The zero-order valence-corrected chi connectivity index (χ0v) is 17.4. The van der Waals surface area contributed by atoms with Crippen molar-refractivity contribution in [3.63, 3.8) is 0 Å². The van der Waals surface area contributed by atoms with Crippen LogP contribution in [0.25, 0.3) is 16.7 Å². The van der Waals surface area contributed by atoms with Crippen molar-refractivity contribution in [1.29, 1.82) is 0 Å². The largest absolute Gasteiger partial charge is 0.496 e. The van der Waals surface area contributed by atoms with Crippen molar-refractivity contribution in [2.75, 3.05) is 26.1 Å². The van der Waals surface area contributed by atoms with Gasteiger partial charge < -0.3 is 10.1 Å². The smallest absolute Gasteiger partial charge is 0.278 e. The number of benzene rings is 2. The van der Waals surface area contributed by atoms with Crippen molar-refractivity contribution in [3.05, 3.63) is 53.6 Å². The fourth-order valence-electron chi connectivity index (χ4n) is 3.91. The summed E-state index contributed by atoms with van der Waals surface area (Å²) in [6.45, 7) is 8.62. The Morgan fingerprint density at radius 3 is 2.46 bits per heavy atom. The summed E-state index contributed by atoms with van der Waals surface area (Å²) < 4.78 is 5.57. The zero-order chi connectivity index (χ0) is 20.5. The third-order valence-corrected chi connectivity index (χ3v) is 4.98. The van der Waals surface area contributed by atoms with Crippen molar-refractivity contribution < 1.29 is 14.4 Å². The molecule has 0 aromatic heterocycles. The summed E-state index contributed by atoms with van der Waals surface area (Å²) in [4.78, 5) is 18.8. The number of hydrogen-bond donors (Lipinski definition) is 1. The Hall–Kier alpha value is -2.79. The van der Waals surface area contributed by atoms with E-state index in [9.17, 15) is 4.79 Å². The predicted molar refractivity (Wildman–Crippen MR) is 114 cm³/mol. The third kappa shape index (κ3) is 3.50. The van der Waals surface area contributed by atoms with Gasteiger partial charge in [-0.3, -0.25) is 9.63 Å². The molecule has 0 aliphatic carbocycles. The molecule has 0 bridgehead atoms. The van der Waals surface area contributed by atoms with E-state index in [1.807, 2.05) is 50.2 Å². The molecule has 0 fully saturated rings. The second kappa shape index (κ2) is 7.68. The highest BCUT2D eigenvalue weighted by atomic mass is 16.7. The summed E-state index contributed by atoms with van der Waals surface area (Å²) >= 11 is 0. The Kier molecular flexibility index (Phi) is 5.47. The number of nitrogens with zero attached hydrogens (tertiary/aromatic N) is 1. The molecule has 148 valence electrons. The molecule has 1 N–H and O–H groups in total. The van der Waals surface area contributed by atoms with Gasteiger partial charge in [0.05, 0.1) is 25.3 Å². The van der Waals surface area contributed by atoms with E-state index in [4.69, 9.17) is 9.57 Å². The second-order valence-electron chi connectivity index (χ2n) is 7.47.